The van der Waals surface area contributed by atoms with E-state index in [4.69, 9.17) is 4.74 Å². The first-order valence-corrected chi connectivity index (χ1v) is 14.1. The van der Waals surface area contributed by atoms with Crippen LogP contribution in [0.1, 0.15) is 22.3 Å². The van der Waals surface area contributed by atoms with Crippen LogP contribution in [0.4, 0.5) is 10.5 Å². The molecule has 0 unspecified atom stereocenters. The van der Waals surface area contributed by atoms with Gasteiger partial charge in [-0.3, -0.25) is 4.90 Å². The van der Waals surface area contributed by atoms with E-state index in [0.29, 0.717) is 13.1 Å². The number of amides is 2. The molecule has 0 saturated carbocycles. The zero-order chi connectivity index (χ0) is 27.8. The zero-order valence-electron chi connectivity index (χ0n) is 23.1. The molecule has 8 heteroatoms. The van der Waals surface area contributed by atoms with Gasteiger partial charge in [0.2, 0.25) is 0 Å². The number of benzene rings is 3. The minimum atomic E-state index is -0.102. The number of fused-ring (bicyclic) bond motifs is 2. The minimum Gasteiger partial charge on any atom is -0.379 e. The van der Waals surface area contributed by atoms with Gasteiger partial charge in [0.25, 0.3) is 0 Å². The Bertz CT molecular complexity index is 1700. The van der Waals surface area contributed by atoms with Crippen molar-refractivity contribution in [3.8, 4) is 22.5 Å². The number of carbonyl (C=O) groups excluding carboxylic acids is 1. The predicted molar refractivity (Wildman–Crippen MR) is 160 cm³/mol. The molecular weight excluding hydrogens is 512 g/mol. The third-order valence-corrected chi connectivity index (χ3v) is 8.16. The van der Waals surface area contributed by atoms with Gasteiger partial charge in [0, 0.05) is 55.1 Å². The molecule has 4 heterocycles. The molecule has 3 aromatic carbocycles. The molecule has 0 aliphatic carbocycles. The molecule has 1 saturated heterocycles. The molecule has 41 heavy (non-hydrogen) atoms. The van der Waals surface area contributed by atoms with Crippen LogP contribution in [0.5, 0.6) is 0 Å². The van der Waals surface area contributed by atoms with Gasteiger partial charge in [-0.25, -0.2) is 14.8 Å². The van der Waals surface area contributed by atoms with Crippen molar-refractivity contribution >= 4 is 22.8 Å². The van der Waals surface area contributed by atoms with Crippen LogP contribution in [0.2, 0.25) is 0 Å². The molecule has 0 bridgehead atoms. The summed E-state index contributed by atoms with van der Waals surface area (Å²) in [4.78, 5) is 30.1. The van der Waals surface area contributed by atoms with E-state index in [2.05, 4.69) is 67.6 Å². The van der Waals surface area contributed by atoms with E-state index >= 15 is 0 Å². The summed E-state index contributed by atoms with van der Waals surface area (Å²) in [6, 6.07) is 24.9. The van der Waals surface area contributed by atoms with Gasteiger partial charge in [-0.15, -0.1) is 0 Å². The summed E-state index contributed by atoms with van der Waals surface area (Å²) < 4.78 is 5.47. The summed E-state index contributed by atoms with van der Waals surface area (Å²) in [5.74, 6) is 0. The molecule has 2 N–H and O–H groups in total. The lowest BCUT2D eigenvalue weighted by Gasteiger charge is -2.26. The van der Waals surface area contributed by atoms with E-state index in [1.54, 1.807) is 6.33 Å². The molecule has 2 aliphatic rings. The van der Waals surface area contributed by atoms with E-state index in [-0.39, 0.29) is 6.03 Å². The molecule has 0 atom stereocenters. The van der Waals surface area contributed by atoms with Gasteiger partial charge >= 0.3 is 6.03 Å². The minimum absolute atomic E-state index is 0.102. The van der Waals surface area contributed by atoms with Crippen LogP contribution in [-0.2, 0) is 24.4 Å². The Balaban J connectivity index is 1.13. The van der Waals surface area contributed by atoms with Gasteiger partial charge in [0.05, 0.1) is 18.9 Å². The zero-order valence-corrected chi connectivity index (χ0v) is 23.1. The number of hydrogen-bond acceptors (Lipinski definition) is 5. The lowest BCUT2D eigenvalue weighted by Crippen LogP contribution is -2.35. The number of hydrogen-bond donors (Lipinski definition) is 2. The molecular formula is C33H32N6O2. The Morgan fingerprint density at radius 3 is 2.46 bits per heavy atom. The number of H-pyrrole nitrogens is 1. The third kappa shape index (κ3) is 5.08. The first kappa shape index (κ1) is 25.4. The van der Waals surface area contributed by atoms with E-state index in [9.17, 15) is 4.79 Å². The lowest BCUT2D eigenvalue weighted by molar-refractivity contribution is 0.0342. The van der Waals surface area contributed by atoms with Gasteiger partial charge in [-0.05, 0) is 46.9 Å². The largest absolute Gasteiger partial charge is 0.379 e. The van der Waals surface area contributed by atoms with E-state index in [1.165, 1.54) is 16.7 Å². The fourth-order valence-corrected chi connectivity index (χ4v) is 5.82. The van der Waals surface area contributed by atoms with Crippen LogP contribution in [0.25, 0.3) is 33.5 Å². The summed E-state index contributed by atoms with van der Waals surface area (Å²) in [5.41, 5.74) is 10.1. The quantitative estimate of drug-likeness (QED) is 0.284. The molecule has 2 amide bonds. The number of morpholine rings is 1. The maximum Gasteiger partial charge on any atom is 0.322 e. The SMILES string of the molecule is Cc1c(NC(=O)N2Cc3ccccc3C2)cccc1-c1ncnc2[nH]c(-c3ccc(CN4CCOCC4)cc3)cc12. The average Bonchev–Trinajstić information content (AvgIpc) is 3.64. The molecule has 2 aromatic heterocycles. The van der Waals surface area contributed by atoms with Gasteiger partial charge in [0.1, 0.15) is 12.0 Å². The number of nitrogens with one attached hydrogen (secondary N) is 2. The van der Waals surface area contributed by atoms with E-state index < -0.39 is 0 Å². The molecule has 1 fully saturated rings. The van der Waals surface area contributed by atoms with Crippen molar-refractivity contribution in [1.82, 2.24) is 24.8 Å². The van der Waals surface area contributed by atoms with Crippen LogP contribution in [-0.4, -0.2) is 57.1 Å². The van der Waals surface area contributed by atoms with Gasteiger partial charge in [0.15, 0.2) is 0 Å². The van der Waals surface area contributed by atoms with E-state index in [1.807, 2.05) is 42.2 Å². The summed E-state index contributed by atoms with van der Waals surface area (Å²) >= 11 is 0. The van der Waals surface area contributed by atoms with Crippen molar-refractivity contribution < 1.29 is 9.53 Å². The Hall–Kier alpha value is -4.53. The highest BCUT2D eigenvalue weighted by Crippen LogP contribution is 2.34. The number of urea groups is 1. The smallest absolute Gasteiger partial charge is 0.322 e. The maximum absolute atomic E-state index is 13.2. The first-order valence-electron chi connectivity index (χ1n) is 14.1. The van der Waals surface area contributed by atoms with Gasteiger partial charge in [-0.1, -0.05) is 60.7 Å². The standard InChI is InChI=1S/C33H32N6O2/c1-22-27(7-4-8-29(22)37-33(40)39-19-25-5-2-3-6-26(25)20-39)31-28-17-30(36-32(28)35-21-34-31)24-11-9-23(10-12-24)18-38-13-15-41-16-14-38/h2-12,17,21H,13-16,18-20H2,1H3,(H,37,40)(H,34,35,36). The second kappa shape index (κ2) is 10.8. The molecule has 8 nitrogen and oxygen atoms in total. The number of carbonyl (C=O) groups is 1. The summed E-state index contributed by atoms with van der Waals surface area (Å²) in [6.45, 7) is 7.75. The van der Waals surface area contributed by atoms with Crippen molar-refractivity contribution in [2.45, 2.75) is 26.6 Å². The third-order valence-electron chi connectivity index (χ3n) is 8.16. The van der Waals surface area contributed by atoms with Crippen LogP contribution in [0.15, 0.2) is 79.1 Å². The molecule has 206 valence electrons. The van der Waals surface area contributed by atoms with Crippen LogP contribution in [0.3, 0.4) is 0 Å². The summed E-state index contributed by atoms with van der Waals surface area (Å²) in [6.07, 6.45) is 1.59. The highest BCUT2D eigenvalue weighted by molar-refractivity contribution is 5.97. The summed E-state index contributed by atoms with van der Waals surface area (Å²) in [5, 5.41) is 4.08. The molecule has 0 spiro atoms. The number of anilines is 1. The molecule has 2 aliphatic heterocycles. The number of nitrogens with zero attached hydrogens (tertiary/aromatic N) is 4. The van der Waals surface area contributed by atoms with Crippen LogP contribution in [0, 0.1) is 6.92 Å². The van der Waals surface area contributed by atoms with Gasteiger partial charge < -0.3 is 19.9 Å². The Morgan fingerprint density at radius 1 is 0.951 bits per heavy atom. The van der Waals surface area contributed by atoms with Crippen LogP contribution < -0.4 is 5.32 Å². The molecule has 0 radical (unpaired) electrons. The van der Waals surface area contributed by atoms with Crippen molar-refractivity contribution in [3.05, 3.63) is 101 Å². The van der Waals surface area contributed by atoms with E-state index in [0.717, 1.165) is 77.6 Å². The highest BCUT2D eigenvalue weighted by Gasteiger charge is 2.24. The number of aromatic nitrogens is 3. The number of ether oxygens (including phenoxy) is 1. The topological polar surface area (TPSA) is 86.4 Å². The average molecular weight is 545 g/mol. The summed E-state index contributed by atoms with van der Waals surface area (Å²) in [7, 11) is 0. The van der Waals surface area contributed by atoms with Crippen molar-refractivity contribution in [2.24, 2.45) is 0 Å². The highest BCUT2D eigenvalue weighted by atomic mass is 16.5. The predicted octanol–water partition coefficient (Wildman–Crippen LogP) is 5.98. The van der Waals surface area contributed by atoms with Crippen molar-refractivity contribution in [3.63, 3.8) is 0 Å². The Kier molecular flexibility index (Phi) is 6.70. The normalized spacial score (nSPS) is 15.3. The fourth-order valence-electron chi connectivity index (χ4n) is 5.82. The molecule has 5 aromatic rings. The maximum atomic E-state index is 13.2. The Labute approximate surface area is 239 Å². The van der Waals surface area contributed by atoms with Crippen molar-refractivity contribution in [1.29, 1.82) is 0 Å². The molecule has 7 rings (SSSR count). The fraction of sp³-hybridized carbons (Fsp3) is 0.242. The Morgan fingerprint density at radius 2 is 1.71 bits per heavy atom. The lowest BCUT2D eigenvalue weighted by atomic mass is 10.0. The van der Waals surface area contributed by atoms with Crippen molar-refractivity contribution in [2.75, 3.05) is 31.6 Å². The number of rotatable bonds is 5. The first-order chi connectivity index (χ1) is 20.1. The van der Waals surface area contributed by atoms with Gasteiger partial charge in [-0.2, -0.15) is 0 Å². The van der Waals surface area contributed by atoms with Crippen LogP contribution >= 0.6 is 0 Å². The second-order valence-electron chi connectivity index (χ2n) is 10.8. The monoisotopic (exact) mass is 544 g/mol. The number of aromatic amines is 1. The second-order valence-corrected chi connectivity index (χ2v) is 10.8.